The highest BCUT2D eigenvalue weighted by molar-refractivity contribution is 7.91. The molecule has 0 aromatic heterocycles. The first kappa shape index (κ1) is 25.4. The highest BCUT2D eigenvalue weighted by Crippen LogP contribution is 2.33. The number of carbonyl (C=O) groups excluding carboxylic acids is 1. The van der Waals surface area contributed by atoms with Crippen molar-refractivity contribution < 1.29 is 41.1 Å². The third kappa shape index (κ3) is 7.63. The van der Waals surface area contributed by atoms with Crippen molar-refractivity contribution >= 4 is 27.4 Å². The van der Waals surface area contributed by atoms with E-state index in [1.807, 2.05) is 0 Å². The summed E-state index contributed by atoms with van der Waals surface area (Å²) >= 11 is 0. The zero-order valence-electron chi connectivity index (χ0n) is 17.3. The van der Waals surface area contributed by atoms with E-state index in [0.717, 1.165) is 32.5 Å². The fourth-order valence-corrected chi connectivity index (χ4v) is 5.48. The second-order valence-electron chi connectivity index (χ2n) is 8.10. The maximum absolute atomic E-state index is 12.4. The van der Waals surface area contributed by atoms with Gasteiger partial charge in [0.25, 0.3) is 5.91 Å². The molecule has 31 heavy (non-hydrogen) atoms. The van der Waals surface area contributed by atoms with Crippen LogP contribution in [0.1, 0.15) is 45.4 Å². The molecule has 0 bridgehead atoms. The van der Waals surface area contributed by atoms with Crippen LogP contribution in [-0.4, -0.2) is 85.0 Å². The van der Waals surface area contributed by atoms with Gasteiger partial charge in [0.2, 0.25) is 0 Å². The average molecular weight is 471 g/mol. The van der Waals surface area contributed by atoms with Crippen LogP contribution in [0.4, 0.5) is 13.2 Å². The van der Waals surface area contributed by atoms with E-state index in [0.29, 0.717) is 18.6 Å². The molecule has 178 valence electrons. The Labute approximate surface area is 178 Å². The number of carboxylic acids is 1. The summed E-state index contributed by atoms with van der Waals surface area (Å²) in [5, 5.41) is 14.0. The quantitative estimate of drug-likeness (QED) is 0.620. The Hall–Kier alpha value is -1.89. The second-order valence-corrected chi connectivity index (χ2v) is 10.3. The van der Waals surface area contributed by atoms with E-state index in [4.69, 9.17) is 14.7 Å². The first-order valence-electron chi connectivity index (χ1n) is 10.1. The number of piperidine rings is 1. The van der Waals surface area contributed by atoms with Gasteiger partial charge in [-0.1, -0.05) is 18.5 Å². The predicted molar refractivity (Wildman–Crippen MR) is 105 cm³/mol. The minimum Gasteiger partial charge on any atom is -0.475 e. The summed E-state index contributed by atoms with van der Waals surface area (Å²) in [5.74, 6) is -2.85. The highest BCUT2D eigenvalue weighted by Gasteiger charge is 2.45. The number of alkyl halides is 3. The third-order valence-electron chi connectivity index (χ3n) is 5.36. The van der Waals surface area contributed by atoms with Crippen molar-refractivity contribution in [2.24, 2.45) is 5.16 Å². The van der Waals surface area contributed by atoms with Crippen molar-refractivity contribution in [3.63, 3.8) is 0 Å². The van der Waals surface area contributed by atoms with Crippen LogP contribution in [0.2, 0.25) is 0 Å². The number of rotatable bonds is 5. The molecule has 2 N–H and O–H groups in total. The van der Waals surface area contributed by atoms with Crippen LogP contribution in [0, 0.1) is 0 Å². The van der Waals surface area contributed by atoms with Gasteiger partial charge < -0.3 is 15.3 Å². The van der Waals surface area contributed by atoms with Crippen LogP contribution in [0.25, 0.3) is 0 Å². The molecule has 2 unspecified atom stereocenters. The number of hydrogen-bond acceptors (Lipinski definition) is 7. The Bertz CT molecular complexity index is 802. The molecule has 2 fully saturated rings. The molecule has 3 heterocycles. The van der Waals surface area contributed by atoms with E-state index in [2.05, 4.69) is 22.3 Å². The van der Waals surface area contributed by atoms with E-state index in [-0.39, 0.29) is 29.1 Å². The smallest absolute Gasteiger partial charge is 0.475 e. The van der Waals surface area contributed by atoms with Crippen LogP contribution in [0.3, 0.4) is 0 Å². The Morgan fingerprint density at radius 1 is 1.39 bits per heavy atom. The van der Waals surface area contributed by atoms with Gasteiger partial charge in [-0.25, -0.2) is 13.2 Å². The van der Waals surface area contributed by atoms with E-state index in [1.165, 1.54) is 12.8 Å². The van der Waals surface area contributed by atoms with Crippen molar-refractivity contribution in [2.45, 2.75) is 63.3 Å². The number of nitrogens with one attached hydrogen (secondary N) is 1. The van der Waals surface area contributed by atoms with Crippen LogP contribution in [0.5, 0.6) is 0 Å². The summed E-state index contributed by atoms with van der Waals surface area (Å²) in [6.45, 7) is 5.13. The fraction of sp³-hybridized carbons (Fsp3) is 0.833. The molecule has 0 aliphatic carbocycles. The molecular weight excluding hydrogens is 443 g/mol. The van der Waals surface area contributed by atoms with Gasteiger partial charge in [-0.3, -0.25) is 9.69 Å². The topological polar surface area (TPSA) is 125 Å². The summed E-state index contributed by atoms with van der Waals surface area (Å²) in [4.78, 5) is 29.4. The maximum Gasteiger partial charge on any atom is 0.490 e. The van der Waals surface area contributed by atoms with E-state index < -0.39 is 22.0 Å². The number of oxime groups is 1. The summed E-state index contributed by atoms with van der Waals surface area (Å²) in [5.41, 5.74) is 0.0251. The van der Waals surface area contributed by atoms with Gasteiger partial charge in [0.15, 0.2) is 15.4 Å². The van der Waals surface area contributed by atoms with Crippen LogP contribution < -0.4 is 5.32 Å². The Kier molecular flexibility index (Phi) is 8.31. The van der Waals surface area contributed by atoms with E-state index in [9.17, 15) is 26.4 Å². The SMILES string of the molecule is CCCCN1CCCC2(CC(C(=O)NC3CCS(=O)(=O)C3)=NO2)C1.O=C(O)C(F)(F)F. The molecule has 13 heteroatoms. The third-order valence-corrected chi connectivity index (χ3v) is 7.13. The number of hydrogen-bond donors (Lipinski definition) is 2. The van der Waals surface area contributed by atoms with Gasteiger partial charge in [-0.15, -0.1) is 0 Å². The Balaban J connectivity index is 0.000000423. The number of carbonyl (C=O) groups is 2. The lowest BCUT2D eigenvalue weighted by molar-refractivity contribution is -0.192. The van der Waals surface area contributed by atoms with Crippen LogP contribution >= 0.6 is 0 Å². The number of amides is 1. The fourth-order valence-electron chi connectivity index (χ4n) is 3.80. The molecular formula is C18H28F3N3O6S. The van der Waals surface area contributed by atoms with Crippen molar-refractivity contribution in [2.75, 3.05) is 31.1 Å². The molecule has 3 aliphatic rings. The van der Waals surface area contributed by atoms with Gasteiger partial charge in [0.05, 0.1) is 11.5 Å². The zero-order chi connectivity index (χ0) is 23.3. The first-order valence-corrected chi connectivity index (χ1v) is 12.0. The average Bonchev–Trinajstić information content (AvgIpc) is 3.23. The molecule has 0 aromatic rings. The number of unbranched alkanes of at least 4 members (excludes halogenated alkanes) is 1. The van der Waals surface area contributed by atoms with Gasteiger partial charge >= 0.3 is 12.1 Å². The van der Waals surface area contributed by atoms with E-state index >= 15 is 0 Å². The molecule has 2 saturated heterocycles. The summed E-state index contributed by atoms with van der Waals surface area (Å²) in [6, 6.07) is -0.297. The van der Waals surface area contributed by atoms with Gasteiger partial charge in [0, 0.05) is 19.0 Å². The van der Waals surface area contributed by atoms with Gasteiger partial charge in [0.1, 0.15) is 5.71 Å². The largest absolute Gasteiger partial charge is 0.490 e. The molecule has 0 saturated carbocycles. The lowest BCUT2D eigenvalue weighted by Crippen LogP contribution is -2.49. The van der Waals surface area contributed by atoms with Crippen molar-refractivity contribution in [1.82, 2.24) is 10.2 Å². The minimum absolute atomic E-state index is 0.0306. The van der Waals surface area contributed by atoms with Crippen molar-refractivity contribution in [1.29, 1.82) is 0 Å². The molecule has 0 aromatic carbocycles. The summed E-state index contributed by atoms with van der Waals surface area (Å²) < 4.78 is 54.7. The van der Waals surface area contributed by atoms with Crippen LogP contribution in [-0.2, 0) is 24.3 Å². The van der Waals surface area contributed by atoms with Crippen LogP contribution in [0.15, 0.2) is 5.16 Å². The number of halogens is 3. The minimum atomic E-state index is -5.08. The normalized spacial score (nSPS) is 27.7. The number of nitrogens with zero attached hydrogens (tertiary/aromatic N) is 2. The second kappa shape index (κ2) is 10.2. The number of sulfone groups is 1. The first-order chi connectivity index (χ1) is 14.4. The van der Waals surface area contributed by atoms with Gasteiger partial charge in [-0.2, -0.15) is 13.2 Å². The lowest BCUT2D eigenvalue weighted by atomic mass is 9.88. The molecule has 2 atom stereocenters. The highest BCUT2D eigenvalue weighted by atomic mass is 32.2. The van der Waals surface area contributed by atoms with Crippen molar-refractivity contribution in [3.05, 3.63) is 0 Å². The summed E-state index contributed by atoms with van der Waals surface area (Å²) in [6.07, 6.45) is 0.209. The number of carboxylic acid groups (broad SMARTS) is 1. The summed E-state index contributed by atoms with van der Waals surface area (Å²) in [7, 11) is -3.00. The molecule has 0 radical (unpaired) electrons. The standard InChI is InChI=1S/C16H27N3O4S.C2HF3O2/c1-2-3-7-19-8-4-6-16(12-19)10-14(18-23-16)15(20)17-13-5-9-24(21,22)11-13;3-2(4,5)1(6)7/h13H,2-12H2,1H3,(H,17,20);(H,6,7). The maximum atomic E-state index is 12.4. The lowest BCUT2D eigenvalue weighted by Gasteiger charge is -2.38. The molecule has 9 nitrogen and oxygen atoms in total. The van der Waals surface area contributed by atoms with Crippen molar-refractivity contribution in [3.8, 4) is 0 Å². The Morgan fingerprint density at radius 2 is 2.06 bits per heavy atom. The molecule has 3 aliphatic heterocycles. The zero-order valence-corrected chi connectivity index (χ0v) is 18.1. The van der Waals surface area contributed by atoms with Gasteiger partial charge in [-0.05, 0) is 38.8 Å². The molecule has 3 rings (SSSR count). The number of aliphatic carboxylic acids is 1. The molecule has 1 amide bonds. The van der Waals surface area contributed by atoms with E-state index in [1.54, 1.807) is 0 Å². The molecule has 1 spiro atoms. The monoisotopic (exact) mass is 471 g/mol. The Morgan fingerprint density at radius 3 is 2.61 bits per heavy atom. The predicted octanol–water partition coefficient (Wildman–Crippen LogP) is 1.33. The number of likely N-dealkylation sites (tertiary alicyclic amines) is 1.